The molecule has 0 bridgehead atoms. The predicted octanol–water partition coefficient (Wildman–Crippen LogP) is -0.643. The highest BCUT2D eigenvalue weighted by Gasteiger charge is 2.06. The first kappa shape index (κ1) is 6.23. The van der Waals surface area contributed by atoms with Crippen molar-refractivity contribution >= 4 is 27.6 Å². The van der Waals surface area contributed by atoms with E-state index in [-0.39, 0.29) is 11.4 Å². The lowest BCUT2D eigenvalue weighted by atomic mass is 10.4. The molecule has 2 aromatic rings. The van der Waals surface area contributed by atoms with Gasteiger partial charge in [0.1, 0.15) is 5.39 Å². The number of H-pyrrole nitrogens is 1. The Morgan fingerprint density at radius 3 is 3.00 bits per heavy atom. The second kappa shape index (κ2) is 1.99. The van der Waals surface area contributed by atoms with Gasteiger partial charge in [0, 0.05) is 0 Å². The number of hydrogen-bond donors (Lipinski definition) is 2. The summed E-state index contributed by atoms with van der Waals surface area (Å²) >= 11 is 1.10. The molecule has 0 aliphatic heterocycles. The van der Waals surface area contributed by atoms with E-state index in [2.05, 4.69) is 19.8 Å². The van der Waals surface area contributed by atoms with E-state index >= 15 is 0 Å². The number of fused-ring (bicyclic) bond motifs is 1. The monoisotopic (exact) mass is 169 g/mol. The topological polar surface area (TPSA) is 97.5 Å². The third kappa shape index (κ3) is 0.777. The van der Waals surface area contributed by atoms with Crippen LogP contribution >= 0.6 is 11.5 Å². The Labute approximate surface area is 64.2 Å². The van der Waals surface area contributed by atoms with Gasteiger partial charge in [-0.2, -0.15) is 0 Å². The number of aromatic amines is 1. The van der Waals surface area contributed by atoms with Crippen molar-refractivity contribution in [1.82, 2.24) is 19.8 Å². The number of nitrogens with zero attached hydrogens (tertiary/aromatic N) is 3. The summed E-state index contributed by atoms with van der Waals surface area (Å²) in [5.74, 6) is 0.123. The van der Waals surface area contributed by atoms with Crippen molar-refractivity contribution in [3.05, 3.63) is 10.4 Å². The van der Waals surface area contributed by atoms with E-state index in [9.17, 15) is 4.79 Å². The quantitative estimate of drug-likeness (QED) is 0.546. The molecule has 2 rings (SSSR count). The predicted molar refractivity (Wildman–Crippen MR) is 40.2 cm³/mol. The van der Waals surface area contributed by atoms with Crippen LogP contribution in [0.1, 0.15) is 0 Å². The second-order valence-corrected chi connectivity index (χ2v) is 2.68. The van der Waals surface area contributed by atoms with Gasteiger partial charge in [-0.25, -0.2) is 0 Å². The van der Waals surface area contributed by atoms with Gasteiger partial charge in [0.2, 0.25) is 0 Å². The van der Waals surface area contributed by atoms with Crippen molar-refractivity contribution in [3.8, 4) is 0 Å². The molecule has 0 aliphatic carbocycles. The Morgan fingerprint density at radius 1 is 1.45 bits per heavy atom. The van der Waals surface area contributed by atoms with Crippen LogP contribution in [0.5, 0.6) is 0 Å². The van der Waals surface area contributed by atoms with Gasteiger partial charge in [-0.3, -0.25) is 9.17 Å². The molecule has 0 unspecified atom stereocenters. The van der Waals surface area contributed by atoms with E-state index in [1.54, 1.807) is 0 Å². The maximum absolute atomic E-state index is 11.0. The van der Waals surface area contributed by atoms with Crippen molar-refractivity contribution in [1.29, 1.82) is 0 Å². The molecule has 0 saturated carbocycles. The van der Waals surface area contributed by atoms with Crippen molar-refractivity contribution in [2.24, 2.45) is 0 Å². The highest BCUT2D eigenvalue weighted by molar-refractivity contribution is 7.12. The molecular weight excluding hydrogens is 166 g/mol. The van der Waals surface area contributed by atoms with Gasteiger partial charge in [-0.1, -0.05) is 0 Å². The van der Waals surface area contributed by atoms with Crippen LogP contribution in [0.4, 0.5) is 5.82 Å². The lowest BCUT2D eigenvalue weighted by Crippen LogP contribution is -2.03. The second-order valence-electron chi connectivity index (χ2n) is 1.89. The van der Waals surface area contributed by atoms with Crippen LogP contribution in [0.25, 0.3) is 10.2 Å². The van der Waals surface area contributed by atoms with Gasteiger partial charge in [0.05, 0.1) is 0 Å². The fourth-order valence-electron chi connectivity index (χ4n) is 0.751. The first-order chi connectivity index (χ1) is 5.29. The molecule has 0 fully saturated rings. The summed E-state index contributed by atoms with van der Waals surface area (Å²) < 4.78 is 2.48. The summed E-state index contributed by atoms with van der Waals surface area (Å²) in [6.45, 7) is 0. The third-order valence-corrected chi connectivity index (χ3v) is 1.99. The van der Waals surface area contributed by atoms with Crippen LogP contribution < -0.4 is 11.3 Å². The van der Waals surface area contributed by atoms with Gasteiger partial charge < -0.3 is 5.73 Å². The lowest BCUT2D eigenvalue weighted by molar-refractivity contribution is 0.907. The number of rotatable bonds is 0. The summed E-state index contributed by atoms with van der Waals surface area (Å²) in [7, 11) is 0. The zero-order chi connectivity index (χ0) is 7.84. The highest BCUT2D eigenvalue weighted by atomic mass is 32.1. The molecule has 7 heteroatoms. The zero-order valence-electron chi connectivity index (χ0n) is 5.24. The lowest BCUT2D eigenvalue weighted by Gasteiger charge is -1.86. The molecule has 56 valence electrons. The van der Waals surface area contributed by atoms with Crippen molar-refractivity contribution < 1.29 is 0 Å². The van der Waals surface area contributed by atoms with E-state index in [0.29, 0.717) is 10.2 Å². The Morgan fingerprint density at radius 2 is 2.27 bits per heavy atom. The van der Waals surface area contributed by atoms with Crippen LogP contribution in [0, 0.1) is 0 Å². The Hall–Kier alpha value is -1.50. The normalized spacial score (nSPS) is 10.5. The largest absolute Gasteiger partial charge is 0.381 e. The van der Waals surface area contributed by atoms with Gasteiger partial charge in [-0.05, 0) is 16.7 Å². The van der Waals surface area contributed by atoms with Crippen molar-refractivity contribution in [2.45, 2.75) is 0 Å². The van der Waals surface area contributed by atoms with Crippen molar-refractivity contribution in [2.75, 3.05) is 5.73 Å². The fraction of sp³-hybridized carbons (Fsp3) is 0. The minimum atomic E-state index is -0.259. The fourth-order valence-corrected chi connectivity index (χ4v) is 1.42. The summed E-state index contributed by atoms with van der Waals surface area (Å²) in [5.41, 5.74) is 5.12. The number of anilines is 1. The van der Waals surface area contributed by atoms with Crippen LogP contribution in [0.2, 0.25) is 0 Å². The summed E-state index contributed by atoms with van der Waals surface area (Å²) in [6.07, 6.45) is 0. The Balaban J connectivity index is 3.08. The van der Waals surface area contributed by atoms with E-state index in [1.165, 1.54) is 0 Å². The number of nitrogen functional groups attached to an aromatic ring is 1. The minimum absolute atomic E-state index is 0.123. The number of nitrogens with two attached hydrogens (primary N) is 1. The van der Waals surface area contributed by atoms with Crippen molar-refractivity contribution in [3.63, 3.8) is 0 Å². The molecule has 0 atom stereocenters. The van der Waals surface area contributed by atoms with Gasteiger partial charge >= 0.3 is 0 Å². The summed E-state index contributed by atoms with van der Waals surface area (Å²) in [4.78, 5) is 11.5. The van der Waals surface area contributed by atoms with Crippen LogP contribution in [-0.2, 0) is 0 Å². The highest BCUT2D eigenvalue weighted by Crippen LogP contribution is 2.12. The molecule has 0 spiro atoms. The minimum Gasteiger partial charge on any atom is -0.381 e. The maximum Gasteiger partial charge on any atom is 0.271 e. The molecule has 0 saturated heterocycles. The summed E-state index contributed by atoms with van der Waals surface area (Å²) in [5, 5.41) is 10.7. The molecule has 0 amide bonds. The zero-order valence-corrected chi connectivity index (χ0v) is 6.05. The first-order valence-corrected chi connectivity index (χ1v) is 3.56. The van der Waals surface area contributed by atoms with Gasteiger partial charge in [-0.15, -0.1) is 10.2 Å². The standard InChI is InChI=1S/C4H3N5OS/c5-2-1-3(10)8-11-4(1)7-9-6-2/h(H,8,10)(H2,5,6,7). The average molecular weight is 169 g/mol. The molecule has 2 aromatic heterocycles. The molecule has 6 nitrogen and oxygen atoms in total. The van der Waals surface area contributed by atoms with Gasteiger partial charge in [0.15, 0.2) is 10.6 Å². The first-order valence-electron chi connectivity index (χ1n) is 2.75. The molecule has 11 heavy (non-hydrogen) atoms. The van der Waals surface area contributed by atoms with E-state index in [0.717, 1.165) is 11.5 Å². The Bertz CT molecular complexity index is 445. The van der Waals surface area contributed by atoms with Gasteiger partial charge in [0.25, 0.3) is 5.56 Å². The van der Waals surface area contributed by atoms with E-state index in [1.807, 2.05) is 0 Å². The SMILES string of the molecule is Nc1nnnc2s[nH]c(=O)c12. The molecule has 3 N–H and O–H groups in total. The number of aromatic nitrogens is 4. The Kier molecular flexibility index (Phi) is 1.13. The van der Waals surface area contributed by atoms with Crippen LogP contribution in [0.15, 0.2) is 4.79 Å². The molecule has 0 aromatic carbocycles. The van der Waals surface area contributed by atoms with Crippen LogP contribution in [0.3, 0.4) is 0 Å². The van der Waals surface area contributed by atoms with E-state index in [4.69, 9.17) is 5.73 Å². The molecule has 0 radical (unpaired) electrons. The molecule has 2 heterocycles. The summed E-state index contributed by atoms with van der Waals surface area (Å²) in [6, 6.07) is 0. The van der Waals surface area contributed by atoms with E-state index < -0.39 is 0 Å². The maximum atomic E-state index is 11.0. The average Bonchev–Trinajstić information content (AvgIpc) is 2.34. The third-order valence-electron chi connectivity index (χ3n) is 1.23. The number of hydrogen-bond acceptors (Lipinski definition) is 6. The smallest absolute Gasteiger partial charge is 0.271 e. The van der Waals surface area contributed by atoms with Crippen LogP contribution in [-0.4, -0.2) is 19.8 Å². The molecule has 0 aliphatic rings. The molecular formula is C4H3N5OS. The number of nitrogens with one attached hydrogen (secondary N) is 1.